The van der Waals surface area contributed by atoms with Crippen LogP contribution in [0, 0.1) is 5.92 Å². The van der Waals surface area contributed by atoms with Crippen molar-refractivity contribution in [1.29, 1.82) is 0 Å². The minimum absolute atomic E-state index is 0.168. The van der Waals surface area contributed by atoms with Crippen LogP contribution >= 0.6 is 0 Å². The van der Waals surface area contributed by atoms with Gasteiger partial charge in [-0.2, -0.15) is 0 Å². The summed E-state index contributed by atoms with van der Waals surface area (Å²) in [6.45, 7) is 2.13. The Labute approximate surface area is 144 Å². The predicted octanol–water partition coefficient (Wildman–Crippen LogP) is 3.77. The number of hydrogen-bond acceptors (Lipinski definition) is 3. The lowest BCUT2D eigenvalue weighted by Gasteiger charge is -2.48. The average molecular weight is 333 g/mol. The zero-order valence-corrected chi connectivity index (χ0v) is 14.3. The number of alkyl halides is 1. The molecule has 0 N–H and O–H groups in total. The van der Waals surface area contributed by atoms with Gasteiger partial charge in [0.25, 0.3) is 0 Å². The maximum Gasteiger partial charge on any atom is 0.136 e. The van der Waals surface area contributed by atoms with E-state index >= 15 is 0 Å². The molecule has 0 radical (unpaired) electrons. The van der Waals surface area contributed by atoms with Crippen molar-refractivity contribution < 1.29 is 13.9 Å². The summed E-state index contributed by atoms with van der Waals surface area (Å²) in [5, 5.41) is 0. The summed E-state index contributed by atoms with van der Waals surface area (Å²) in [6, 6.07) is 11.2. The van der Waals surface area contributed by atoms with Gasteiger partial charge in [0.2, 0.25) is 0 Å². The lowest BCUT2D eigenvalue weighted by Crippen LogP contribution is -2.57. The van der Waals surface area contributed by atoms with Gasteiger partial charge in [0, 0.05) is 31.0 Å². The van der Waals surface area contributed by atoms with Gasteiger partial charge < -0.3 is 4.74 Å². The summed E-state index contributed by atoms with van der Waals surface area (Å²) in [7, 11) is 0. The number of ether oxygens (including phenoxy) is 1. The molecule has 0 aliphatic carbocycles. The second kappa shape index (κ2) is 8.72. The van der Waals surface area contributed by atoms with Crippen LogP contribution in [-0.4, -0.2) is 42.7 Å². The van der Waals surface area contributed by atoms with E-state index in [0.717, 1.165) is 45.4 Å². The van der Waals surface area contributed by atoms with Crippen molar-refractivity contribution in [2.24, 2.45) is 5.92 Å². The fourth-order valence-electron chi connectivity index (χ4n) is 4.08. The first kappa shape index (κ1) is 17.6. The molecule has 1 aromatic carbocycles. The Morgan fingerprint density at radius 2 is 1.79 bits per heavy atom. The highest BCUT2D eigenvalue weighted by atomic mass is 19.1. The number of piperidine rings is 1. The molecule has 1 aromatic rings. The van der Waals surface area contributed by atoms with Crippen LogP contribution < -0.4 is 0 Å². The number of carbonyl (C=O) groups excluding carboxylic acids is 1. The summed E-state index contributed by atoms with van der Waals surface area (Å²) in [5.41, 5.74) is 1.32. The highest BCUT2D eigenvalue weighted by molar-refractivity contribution is 5.81. The van der Waals surface area contributed by atoms with E-state index in [0.29, 0.717) is 30.7 Å². The predicted molar refractivity (Wildman–Crippen MR) is 92.6 cm³/mol. The minimum atomic E-state index is -0.270. The van der Waals surface area contributed by atoms with Crippen molar-refractivity contribution in [1.82, 2.24) is 4.90 Å². The molecule has 2 heterocycles. The molecule has 2 atom stereocenters. The van der Waals surface area contributed by atoms with E-state index < -0.39 is 0 Å². The normalized spacial score (nSPS) is 27.1. The largest absolute Gasteiger partial charge is 0.378 e. The number of benzene rings is 1. The smallest absolute Gasteiger partial charge is 0.136 e. The zero-order chi connectivity index (χ0) is 16.8. The molecule has 2 bridgehead atoms. The Bertz CT molecular complexity index is 508. The standard InChI is InChI=1S/C20H28FNO2/c21-10-6-2-5-9-20(23)17-11-18-14-24-15-19(12-17)22(18)13-16-7-3-1-4-8-16/h1,3-4,7-8,17-19H,2,5-6,9-15H2. The monoisotopic (exact) mass is 333 g/mol. The van der Waals surface area contributed by atoms with Crippen molar-refractivity contribution >= 4 is 5.78 Å². The van der Waals surface area contributed by atoms with Gasteiger partial charge in [-0.3, -0.25) is 14.1 Å². The van der Waals surface area contributed by atoms with E-state index in [4.69, 9.17) is 4.74 Å². The van der Waals surface area contributed by atoms with Gasteiger partial charge >= 0.3 is 0 Å². The van der Waals surface area contributed by atoms with Gasteiger partial charge in [-0.05, 0) is 31.2 Å². The highest BCUT2D eigenvalue weighted by Gasteiger charge is 2.40. The molecular weight excluding hydrogens is 305 g/mol. The van der Waals surface area contributed by atoms with Crippen LogP contribution in [0.5, 0.6) is 0 Å². The van der Waals surface area contributed by atoms with Crippen molar-refractivity contribution in [2.45, 2.75) is 57.2 Å². The molecular formula is C20H28FNO2. The van der Waals surface area contributed by atoms with E-state index in [1.807, 2.05) is 6.07 Å². The molecule has 2 aliphatic heterocycles. The Morgan fingerprint density at radius 3 is 2.46 bits per heavy atom. The van der Waals surface area contributed by atoms with E-state index in [2.05, 4.69) is 29.2 Å². The molecule has 2 unspecified atom stereocenters. The first-order valence-corrected chi connectivity index (χ1v) is 9.24. The van der Waals surface area contributed by atoms with Gasteiger partial charge in [-0.15, -0.1) is 0 Å². The van der Waals surface area contributed by atoms with E-state index in [1.54, 1.807) is 0 Å². The number of morpholine rings is 1. The van der Waals surface area contributed by atoms with Crippen LogP contribution in [-0.2, 0) is 16.1 Å². The van der Waals surface area contributed by atoms with E-state index in [-0.39, 0.29) is 12.6 Å². The van der Waals surface area contributed by atoms with E-state index in [1.165, 1.54) is 5.56 Å². The number of nitrogens with zero attached hydrogens (tertiary/aromatic N) is 1. The summed E-state index contributed by atoms with van der Waals surface area (Å²) >= 11 is 0. The van der Waals surface area contributed by atoms with Gasteiger partial charge in [-0.25, -0.2) is 0 Å². The van der Waals surface area contributed by atoms with Crippen molar-refractivity contribution in [3.63, 3.8) is 0 Å². The average Bonchev–Trinajstić information content (AvgIpc) is 2.59. The molecule has 0 amide bonds. The summed E-state index contributed by atoms with van der Waals surface area (Å²) in [6.07, 6.45) is 4.67. The third kappa shape index (κ3) is 4.42. The Balaban J connectivity index is 1.56. The van der Waals surface area contributed by atoms with Gasteiger partial charge in [0.1, 0.15) is 5.78 Å². The zero-order valence-electron chi connectivity index (χ0n) is 14.3. The SMILES string of the molecule is O=C(CCCCCF)C1CC2COCC(C1)N2Cc1ccccc1. The molecule has 132 valence electrons. The lowest BCUT2D eigenvalue weighted by molar-refractivity contribution is -0.133. The molecule has 0 spiro atoms. The van der Waals surface area contributed by atoms with Crippen LogP contribution in [0.2, 0.25) is 0 Å². The molecule has 4 heteroatoms. The summed E-state index contributed by atoms with van der Waals surface area (Å²) < 4.78 is 17.9. The molecule has 24 heavy (non-hydrogen) atoms. The fourth-order valence-corrected chi connectivity index (χ4v) is 4.08. The third-order valence-electron chi connectivity index (χ3n) is 5.39. The number of rotatable bonds is 8. The number of carbonyl (C=O) groups is 1. The van der Waals surface area contributed by atoms with Crippen molar-refractivity contribution in [2.75, 3.05) is 19.9 Å². The number of Topliss-reactive ketones (excluding diaryl/α,β-unsaturated/α-hetero) is 1. The number of halogens is 1. The summed E-state index contributed by atoms with van der Waals surface area (Å²) in [4.78, 5) is 15.0. The fraction of sp³-hybridized carbons (Fsp3) is 0.650. The second-order valence-electron chi connectivity index (χ2n) is 7.14. The number of unbranched alkanes of at least 4 members (excludes halogenated alkanes) is 2. The number of fused-ring (bicyclic) bond motifs is 2. The lowest BCUT2D eigenvalue weighted by atomic mass is 9.81. The number of hydrogen-bond donors (Lipinski definition) is 0. The topological polar surface area (TPSA) is 29.5 Å². The Morgan fingerprint density at radius 1 is 1.08 bits per heavy atom. The maximum atomic E-state index is 12.5. The Kier molecular flexibility index (Phi) is 6.38. The molecule has 2 saturated heterocycles. The molecule has 0 aromatic heterocycles. The molecule has 3 nitrogen and oxygen atoms in total. The summed E-state index contributed by atoms with van der Waals surface area (Å²) in [5.74, 6) is 0.548. The van der Waals surface area contributed by atoms with Crippen LogP contribution in [0.4, 0.5) is 4.39 Å². The van der Waals surface area contributed by atoms with Gasteiger partial charge in [0.15, 0.2) is 0 Å². The Hall–Kier alpha value is -1.26. The van der Waals surface area contributed by atoms with Crippen molar-refractivity contribution in [3.8, 4) is 0 Å². The highest BCUT2D eigenvalue weighted by Crippen LogP contribution is 2.34. The van der Waals surface area contributed by atoms with Crippen LogP contribution in [0.25, 0.3) is 0 Å². The third-order valence-corrected chi connectivity index (χ3v) is 5.39. The minimum Gasteiger partial charge on any atom is -0.378 e. The molecule has 2 fully saturated rings. The number of ketones is 1. The van der Waals surface area contributed by atoms with E-state index in [9.17, 15) is 9.18 Å². The first-order chi connectivity index (χ1) is 11.8. The quantitative estimate of drug-likeness (QED) is 0.678. The van der Waals surface area contributed by atoms with Crippen LogP contribution in [0.3, 0.4) is 0 Å². The molecule has 3 rings (SSSR count). The van der Waals surface area contributed by atoms with Crippen LogP contribution in [0.15, 0.2) is 30.3 Å². The first-order valence-electron chi connectivity index (χ1n) is 9.24. The van der Waals surface area contributed by atoms with Crippen molar-refractivity contribution in [3.05, 3.63) is 35.9 Å². The van der Waals surface area contributed by atoms with Gasteiger partial charge in [0.05, 0.1) is 19.9 Å². The van der Waals surface area contributed by atoms with Gasteiger partial charge in [-0.1, -0.05) is 36.8 Å². The maximum absolute atomic E-state index is 12.5. The van der Waals surface area contributed by atoms with Crippen LogP contribution in [0.1, 0.15) is 44.1 Å². The molecule has 0 saturated carbocycles. The molecule has 2 aliphatic rings. The second-order valence-corrected chi connectivity index (χ2v) is 7.14.